The van der Waals surface area contributed by atoms with Crippen LogP contribution in [-0.4, -0.2) is 5.97 Å². The zero-order valence-electron chi connectivity index (χ0n) is 6.26. The first-order valence-electron chi connectivity index (χ1n) is 3.09. The second-order valence-electron chi connectivity index (χ2n) is 1.67. The van der Waals surface area contributed by atoms with Gasteiger partial charge >= 0.3 is 5.97 Å². The molecule has 0 aromatic heterocycles. The number of rotatable bonds is 3. The number of hydrogen-bond donors (Lipinski definition) is 0. The van der Waals surface area contributed by atoms with E-state index in [1.807, 2.05) is 0 Å². The van der Waals surface area contributed by atoms with Crippen molar-refractivity contribution >= 4 is 17.6 Å². The Morgan fingerprint density at radius 3 is 2.91 bits per heavy atom. The molecule has 0 radical (unpaired) electrons. The molecule has 0 amide bonds. The van der Waals surface area contributed by atoms with Gasteiger partial charge in [0.25, 0.3) is 0 Å². The Morgan fingerprint density at radius 2 is 2.45 bits per heavy atom. The van der Waals surface area contributed by atoms with Crippen molar-refractivity contribution in [2.24, 2.45) is 0 Å². The number of ether oxygens (including phenoxy) is 1. The van der Waals surface area contributed by atoms with Crippen LogP contribution in [0.15, 0.2) is 29.7 Å². The summed E-state index contributed by atoms with van der Waals surface area (Å²) in [6, 6.07) is 0. The number of halogens is 1. The molecule has 0 rings (SSSR count). The number of allylic oxidation sites excluding steroid dienone is 1. The van der Waals surface area contributed by atoms with E-state index < -0.39 is 5.97 Å². The van der Waals surface area contributed by atoms with Gasteiger partial charge in [0.1, 0.15) is 0 Å². The Labute approximate surface area is 70.8 Å². The molecule has 0 atom stereocenters. The van der Waals surface area contributed by atoms with E-state index in [-0.39, 0.29) is 11.6 Å². The highest BCUT2D eigenvalue weighted by atomic mass is 35.5. The molecule has 3 heteroatoms. The van der Waals surface area contributed by atoms with Gasteiger partial charge in [0.05, 0.1) is 6.42 Å². The van der Waals surface area contributed by atoms with E-state index in [2.05, 4.69) is 17.0 Å². The zero-order valence-corrected chi connectivity index (χ0v) is 7.02. The van der Waals surface area contributed by atoms with Crippen LogP contribution in [0.25, 0.3) is 0 Å². The van der Waals surface area contributed by atoms with Crippen LogP contribution < -0.4 is 0 Å². The van der Waals surface area contributed by atoms with Gasteiger partial charge in [-0.2, -0.15) is 0 Å². The first kappa shape index (κ1) is 10.0. The van der Waals surface area contributed by atoms with Gasteiger partial charge in [-0.3, -0.25) is 4.79 Å². The van der Waals surface area contributed by atoms with E-state index in [4.69, 9.17) is 11.6 Å². The normalized spacial score (nSPS) is 7.82. The molecule has 0 aliphatic rings. The third-order valence-corrected chi connectivity index (χ3v) is 0.959. The van der Waals surface area contributed by atoms with E-state index >= 15 is 0 Å². The molecule has 60 valence electrons. The lowest BCUT2D eigenvalue weighted by Crippen LogP contribution is -1.98. The molecule has 0 aliphatic carbocycles. The fourth-order valence-electron chi connectivity index (χ4n) is 0.402. The van der Waals surface area contributed by atoms with Crippen LogP contribution in [0.5, 0.6) is 0 Å². The summed E-state index contributed by atoms with van der Waals surface area (Å²) in [4.78, 5) is 10.7. The van der Waals surface area contributed by atoms with E-state index in [9.17, 15) is 4.79 Å². The highest BCUT2D eigenvalue weighted by Crippen LogP contribution is 2.02. The fraction of sp³-hybridized carbons (Fsp3) is 0.250. The minimum absolute atomic E-state index is 0.0423. The predicted molar refractivity (Wildman–Crippen MR) is 44.0 cm³/mol. The summed E-state index contributed by atoms with van der Waals surface area (Å²) in [5.74, 6) is -0.431. The summed E-state index contributed by atoms with van der Waals surface area (Å²) < 4.78 is 4.56. The molecule has 0 fully saturated rings. The minimum atomic E-state index is -0.431. The van der Waals surface area contributed by atoms with Crippen molar-refractivity contribution in [3.05, 3.63) is 29.7 Å². The van der Waals surface area contributed by atoms with Crippen LogP contribution in [0.4, 0.5) is 0 Å². The Balaban J connectivity index is 3.95. The van der Waals surface area contributed by atoms with Crippen molar-refractivity contribution in [1.29, 1.82) is 0 Å². The molecule has 0 spiro atoms. The van der Waals surface area contributed by atoms with Crippen LogP contribution in [0.3, 0.4) is 0 Å². The smallest absolute Gasteiger partial charge is 0.316 e. The Bertz CT molecular complexity index is 212. The van der Waals surface area contributed by atoms with E-state index in [0.717, 1.165) is 0 Å². The van der Waals surface area contributed by atoms with Crippen LogP contribution in [0.2, 0.25) is 0 Å². The lowest BCUT2D eigenvalue weighted by atomic mass is 10.4. The number of hydrogen-bond acceptors (Lipinski definition) is 2. The summed E-state index contributed by atoms with van der Waals surface area (Å²) in [5, 5.41) is -0.0423. The molecule has 0 heterocycles. The molecule has 0 aliphatic heterocycles. The average molecular weight is 173 g/mol. The second kappa shape index (κ2) is 5.78. The van der Waals surface area contributed by atoms with E-state index in [1.165, 1.54) is 6.08 Å². The fourth-order valence-corrected chi connectivity index (χ4v) is 0.598. The van der Waals surface area contributed by atoms with Gasteiger partial charge in [0.2, 0.25) is 5.22 Å². The lowest BCUT2D eigenvalue weighted by molar-refractivity contribution is -0.137. The van der Waals surface area contributed by atoms with Gasteiger partial charge in [-0.05, 0) is 24.6 Å². The van der Waals surface area contributed by atoms with Crippen molar-refractivity contribution in [3.63, 3.8) is 0 Å². The molecular formula is C8H9ClO2. The molecule has 0 saturated heterocycles. The Hall–Kier alpha value is -0.980. The molecule has 0 bridgehead atoms. The molecule has 11 heavy (non-hydrogen) atoms. The van der Waals surface area contributed by atoms with Gasteiger partial charge in [-0.15, -0.1) is 6.58 Å². The predicted octanol–water partition coefficient (Wildman–Crippen LogP) is 2.36. The first-order chi connectivity index (χ1) is 5.20. The molecule has 0 aromatic rings. The molecule has 2 nitrogen and oxygen atoms in total. The third kappa shape index (κ3) is 5.46. The largest absolute Gasteiger partial charge is 0.406 e. The monoisotopic (exact) mass is 172 g/mol. The first-order valence-corrected chi connectivity index (χ1v) is 3.47. The Morgan fingerprint density at radius 1 is 1.82 bits per heavy atom. The topological polar surface area (TPSA) is 26.3 Å². The second-order valence-corrected chi connectivity index (χ2v) is 2.02. The van der Waals surface area contributed by atoms with E-state index in [0.29, 0.717) is 0 Å². The van der Waals surface area contributed by atoms with Crippen LogP contribution >= 0.6 is 11.6 Å². The van der Waals surface area contributed by atoms with Gasteiger partial charge in [0, 0.05) is 0 Å². The molecule has 0 aromatic carbocycles. The standard InChI is InChI=1S/C8H9ClO2/c1-3-5-7(9)11-8(10)6-4-2/h3-4H,2,6H2,1H3. The van der Waals surface area contributed by atoms with Gasteiger partial charge in [-0.25, -0.2) is 0 Å². The van der Waals surface area contributed by atoms with Crippen LogP contribution in [-0.2, 0) is 9.53 Å². The summed E-state index contributed by atoms with van der Waals surface area (Å²) in [6.07, 6.45) is 3.16. The molecular weight excluding hydrogens is 164 g/mol. The van der Waals surface area contributed by atoms with Crippen molar-refractivity contribution in [3.8, 4) is 0 Å². The maximum Gasteiger partial charge on any atom is 0.316 e. The highest BCUT2D eigenvalue weighted by Gasteiger charge is 2.00. The third-order valence-electron chi connectivity index (χ3n) is 0.772. The summed E-state index contributed by atoms with van der Waals surface area (Å²) >= 11 is 5.41. The van der Waals surface area contributed by atoms with Gasteiger partial charge in [0.15, 0.2) is 0 Å². The average Bonchev–Trinajstić information content (AvgIpc) is 1.87. The molecule has 0 N–H and O–H groups in total. The maximum atomic E-state index is 10.7. The summed E-state index contributed by atoms with van der Waals surface area (Å²) in [5.41, 5.74) is 2.51. The SMILES string of the molecule is C=CCC(=O)OC(Cl)=C=CC. The molecule has 0 unspecified atom stereocenters. The highest BCUT2D eigenvalue weighted by molar-refractivity contribution is 6.28. The van der Waals surface area contributed by atoms with E-state index in [1.54, 1.807) is 13.0 Å². The quantitative estimate of drug-likeness (QED) is 0.283. The van der Waals surface area contributed by atoms with Gasteiger partial charge < -0.3 is 4.74 Å². The van der Waals surface area contributed by atoms with Crippen molar-refractivity contribution in [2.75, 3.05) is 0 Å². The number of esters is 1. The Kier molecular flexibility index (Phi) is 5.26. The maximum absolute atomic E-state index is 10.7. The number of carbonyl (C=O) groups excluding carboxylic acids is 1. The zero-order chi connectivity index (χ0) is 8.69. The van der Waals surface area contributed by atoms with Crippen molar-refractivity contribution < 1.29 is 9.53 Å². The molecule has 0 saturated carbocycles. The van der Waals surface area contributed by atoms with Gasteiger partial charge in [-0.1, -0.05) is 11.8 Å². The summed E-state index contributed by atoms with van der Waals surface area (Å²) in [6.45, 7) is 5.10. The number of carbonyl (C=O) groups is 1. The minimum Gasteiger partial charge on any atom is -0.406 e. The van der Waals surface area contributed by atoms with Crippen molar-refractivity contribution in [2.45, 2.75) is 13.3 Å². The van der Waals surface area contributed by atoms with Crippen molar-refractivity contribution in [1.82, 2.24) is 0 Å². The summed E-state index contributed by atoms with van der Waals surface area (Å²) in [7, 11) is 0. The lowest BCUT2D eigenvalue weighted by Gasteiger charge is -1.95. The van der Waals surface area contributed by atoms with Crippen LogP contribution in [0.1, 0.15) is 13.3 Å². The van der Waals surface area contributed by atoms with Crippen LogP contribution in [0, 0.1) is 0 Å².